The van der Waals surface area contributed by atoms with Crippen LogP contribution < -0.4 is 5.32 Å². The average Bonchev–Trinajstić information content (AvgIpc) is 3.39. The summed E-state index contributed by atoms with van der Waals surface area (Å²) >= 11 is 0. The molecule has 0 saturated carbocycles. The third-order valence-corrected chi connectivity index (χ3v) is 5.44. The summed E-state index contributed by atoms with van der Waals surface area (Å²) in [5, 5.41) is 2.86. The van der Waals surface area contributed by atoms with Gasteiger partial charge in [0, 0.05) is 24.6 Å². The number of hydrogen-bond acceptors (Lipinski definition) is 3. The van der Waals surface area contributed by atoms with E-state index < -0.39 is 23.8 Å². The number of rotatable bonds is 6. The Morgan fingerprint density at radius 2 is 2.07 bits per heavy atom. The van der Waals surface area contributed by atoms with E-state index in [0.29, 0.717) is 12.1 Å². The summed E-state index contributed by atoms with van der Waals surface area (Å²) in [5.74, 6) is -1.37. The molecule has 30 heavy (non-hydrogen) atoms. The SMILES string of the molecule is CCCNC(=O)C1c2cccc(F)c2C(=O)N1[C@@H](C)c1cccc(-n2ccnc2)c1. The zero-order valence-corrected chi connectivity index (χ0v) is 16.9. The second-order valence-electron chi connectivity index (χ2n) is 7.35. The predicted octanol–water partition coefficient (Wildman–Crippen LogP) is 3.80. The van der Waals surface area contributed by atoms with Gasteiger partial charge in [0.25, 0.3) is 5.91 Å². The van der Waals surface area contributed by atoms with Crippen LogP contribution in [0.25, 0.3) is 5.69 Å². The number of imidazole rings is 1. The number of nitrogens with zero attached hydrogens (tertiary/aromatic N) is 3. The molecule has 1 N–H and O–H groups in total. The van der Waals surface area contributed by atoms with Crippen LogP contribution >= 0.6 is 0 Å². The molecule has 0 aliphatic carbocycles. The monoisotopic (exact) mass is 406 g/mol. The van der Waals surface area contributed by atoms with Crippen molar-refractivity contribution < 1.29 is 14.0 Å². The van der Waals surface area contributed by atoms with Crippen molar-refractivity contribution in [1.82, 2.24) is 19.8 Å². The Hall–Kier alpha value is -3.48. The van der Waals surface area contributed by atoms with Crippen LogP contribution in [0.3, 0.4) is 0 Å². The van der Waals surface area contributed by atoms with E-state index in [9.17, 15) is 14.0 Å². The lowest BCUT2D eigenvalue weighted by Gasteiger charge is -2.31. The van der Waals surface area contributed by atoms with Crippen molar-refractivity contribution in [1.29, 1.82) is 0 Å². The van der Waals surface area contributed by atoms with E-state index in [1.165, 1.54) is 17.0 Å². The summed E-state index contributed by atoms with van der Waals surface area (Å²) in [6.45, 7) is 4.30. The molecule has 4 rings (SSSR count). The Kier molecular flexibility index (Phi) is 5.35. The maximum absolute atomic E-state index is 14.5. The Bertz CT molecular complexity index is 1080. The molecule has 6 nitrogen and oxygen atoms in total. The van der Waals surface area contributed by atoms with Crippen LogP contribution in [0.5, 0.6) is 0 Å². The molecule has 3 aromatic rings. The first kappa shape index (κ1) is 19.8. The Morgan fingerprint density at radius 1 is 1.27 bits per heavy atom. The molecule has 2 amide bonds. The van der Waals surface area contributed by atoms with Gasteiger partial charge in [-0.15, -0.1) is 0 Å². The van der Waals surface area contributed by atoms with Crippen LogP contribution in [0.15, 0.2) is 61.2 Å². The maximum atomic E-state index is 14.5. The van der Waals surface area contributed by atoms with Gasteiger partial charge >= 0.3 is 0 Å². The summed E-state index contributed by atoms with van der Waals surface area (Å²) in [7, 11) is 0. The van der Waals surface area contributed by atoms with Gasteiger partial charge in [0.05, 0.1) is 17.9 Å². The highest BCUT2D eigenvalue weighted by Crippen LogP contribution is 2.41. The molecule has 7 heteroatoms. The smallest absolute Gasteiger partial charge is 0.258 e. The van der Waals surface area contributed by atoms with Crippen LogP contribution in [0.2, 0.25) is 0 Å². The fraction of sp³-hybridized carbons (Fsp3) is 0.261. The van der Waals surface area contributed by atoms with Gasteiger partial charge in [0.1, 0.15) is 11.9 Å². The molecule has 1 aliphatic heterocycles. The number of fused-ring (bicyclic) bond motifs is 1. The Morgan fingerprint density at radius 3 is 2.80 bits per heavy atom. The number of benzene rings is 2. The van der Waals surface area contributed by atoms with Crippen molar-refractivity contribution in [3.63, 3.8) is 0 Å². The third kappa shape index (κ3) is 3.36. The van der Waals surface area contributed by atoms with E-state index in [0.717, 1.165) is 17.7 Å². The topological polar surface area (TPSA) is 67.2 Å². The maximum Gasteiger partial charge on any atom is 0.258 e. The molecule has 0 radical (unpaired) electrons. The lowest BCUT2D eigenvalue weighted by molar-refractivity contribution is -0.126. The number of aromatic nitrogens is 2. The summed E-state index contributed by atoms with van der Waals surface area (Å²) < 4.78 is 16.4. The number of hydrogen-bond donors (Lipinski definition) is 1. The highest BCUT2D eigenvalue weighted by atomic mass is 19.1. The van der Waals surface area contributed by atoms with Gasteiger partial charge in [0.2, 0.25) is 5.91 Å². The molecule has 1 aliphatic rings. The van der Waals surface area contributed by atoms with E-state index in [-0.39, 0.29) is 11.5 Å². The average molecular weight is 406 g/mol. The van der Waals surface area contributed by atoms with Gasteiger partial charge in [-0.3, -0.25) is 9.59 Å². The number of carbonyl (C=O) groups excluding carboxylic acids is 2. The van der Waals surface area contributed by atoms with Crippen LogP contribution in [-0.4, -0.2) is 32.8 Å². The number of halogens is 1. The normalized spacial score (nSPS) is 16.4. The zero-order valence-electron chi connectivity index (χ0n) is 16.9. The first-order chi connectivity index (χ1) is 14.5. The van der Waals surface area contributed by atoms with Crippen molar-refractivity contribution in [3.05, 3.63) is 83.7 Å². The second kappa shape index (κ2) is 8.10. The van der Waals surface area contributed by atoms with Gasteiger partial charge in [0.15, 0.2) is 0 Å². The van der Waals surface area contributed by atoms with Gasteiger partial charge in [-0.05, 0) is 42.7 Å². The largest absolute Gasteiger partial charge is 0.354 e. The van der Waals surface area contributed by atoms with Crippen LogP contribution in [0, 0.1) is 5.82 Å². The highest BCUT2D eigenvalue weighted by molar-refractivity contribution is 6.05. The van der Waals surface area contributed by atoms with Crippen molar-refractivity contribution in [2.75, 3.05) is 6.54 Å². The molecular formula is C23H23FN4O2. The van der Waals surface area contributed by atoms with Gasteiger partial charge in [-0.2, -0.15) is 0 Å². The summed E-state index contributed by atoms with van der Waals surface area (Å²) in [4.78, 5) is 31.8. The molecule has 0 spiro atoms. The first-order valence-corrected chi connectivity index (χ1v) is 10.00. The minimum atomic E-state index is -0.873. The summed E-state index contributed by atoms with van der Waals surface area (Å²) in [6.07, 6.45) is 5.98. The Labute approximate surface area is 174 Å². The fourth-order valence-corrected chi connectivity index (χ4v) is 3.92. The minimum Gasteiger partial charge on any atom is -0.354 e. The van der Waals surface area contributed by atoms with Crippen molar-refractivity contribution >= 4 is 11.8 Å². The van der Waals surface area contributed by atoms with E-state index in [2.05, 4.69) is 10.3 Å². The molecule has 2 aromatic carbocycles. The van der Waals surface area contributed by atoms with Crippen LogP contribution in [0.1, 0.15) is 53.8 Å². The van der Waals surface area contributed by atoms with Crippen LogP contribution in [0.4, 0.5) is 4.39 Å². The first-order valence-electron chi connectivity index (χ1n) is 10.00. The molecule has 0 saturated heterocycles. The van der Waals surface area contributed by atoms with Crippen molar-refractivity contribution in [2.24, 2.45) is 0 Å². The molecule has 2 heterocycles. The lowest BCUT2D eigenvalue weighted by Crippen LogP contribution is -2.40. The van der Waals surface area contributed by atoms with E-state index >= 15 is 0 Å². The predicted molar refractivity (Wildman–Crippen MR) is 111 cm³/mol. The van der Waals surface area contributed by atoms with Gasteiger partial charge in [-0.1, -0.05) is 31.2 Å². The third-order valence-electron chi connectivity index (χ3n) is 5.44. The quantitative estimate of drug-likeness (QED) is 0.677. The minimum absolute atomic E-state index is 0.0215. The van der Waals surface area contributed by atoms with Crippen LogP contribution in [-0.2, 0) is 4.79 Å². The number of amides is 2. The van der Waals surface area contributed by atoms with E-state index in [1.807, 2.05) is 48.9 Å². The fourth-order valence-electron chi connectivity index (χ4n) is 3.92. The number of nitrogens with one attached hydrogen (secondary N) is 1. The summed E-state index contributed by atoms with van der Waals surface area (Å²) in [5.41, 5.74) is 2.12. The van der Waals surface area contributed by atoms with Crippen molar-refractivity contribution in [3.8, 4) is 5.69 Å². The highest BCUT2D eigenvalue weighted by Gasteiger charge is 2.45. The lowest BCUT2D eigenvalue weighted by atomic mass is 10.0. The van der Waals surface area contributed by atoms with E-state index in [4.69, 9.17) is 0 Å². The Balaban J connectivity index is 1.74. The van der Waals surface area contributed by atoms with Gasteiger partial charge in [-0.25, -0.2) is 9.37 Å². The van der Waals surface area contributed by atoms with Gasteiger partial charge < -0.3 is 14.8 Å². The molecule has 1 unspecified atom stereocenters. The molecular weight excluding hydrogens is 383 g/mol. The second-order valence-corrected chi connectivity index (χ2v) is 7.35. The molecule has 0 fully saturated rings. The van der Waals surface area contributed by atoms with Crippen molar-refractivity contribution in [2.45, 2.75) is 32.4 Å². The van der Waals surface area contributed by atoms with E-state index in [1.54, 1.807) is 18.6 Å². The molecule has 2 atom stereocenters. The number of carbonyl (C=O) groups is 2. The molecule has 1 aromatic heterocycles. The standard InChI is InChI=1S/C23H23FN4O2/c1-3-10-26-22(29)21-18-8-5-9-19(24)20(18)23(30)28(21)15(2)16-6-4-7-17(13-16)27-12-11-25-14-27/h4-9,11-15,21H,3,10H2,1-2H3,(H,26,29)/t15-,21?/m0/s1. The zero-order chi connectivity index (χ0) is 21.3. The summed E-state index contributed by atoms with van der Waals surface area (Å²) in [6, 6.07) is 10.8. The molecule has 0 bridgehead atoms. The molecule has 154 valence electrons.